The Bertz CT molecular complexity index is 2250. The third kappa shape index (κ3) is 11.1. The summed E-state index contributed by atoms with van der Waals surface area (Å²) in [6.07, 6.45) is 7.24. The highest BCUT2D eigenvalue weighted by molar-refractivity contribution is 14.1. The Hall–Kier alpha value is -4.43. The van der Waals surface area contributed by atoms with Crippen LogP contribution in [-0.4, -0.2) is 45.1 Å². The molecular formula is C44H47IN2O6S2. The average Bonchev–Trinajstić information content (AvgIpc) is 3.14. The van der Waals surface area contributed by atoms with Gasteiger partial charge in [-0.15, -0.1) is 6.42 Å². The van der Waals surface area contributed by atoms with Crippen molar-refractivity contribution in [1.82, 2.24) is 0 Å². The summed E-state index contributed by atoms with van der Waals surface area (Å²) in [6, 6.07) is 22.0. The maximum Gasteiger partial charge on any atom is 0.340 e. The van der Waals surface area contributed by atoms with Gasteiger partial charge in [0.05, 0.1) is 45.9 Å². The Morgan fingerprint density at radius 2 is 1.11 bits per heavy atom. The van der Waals surface area contributed by atoms with E-state index in [1.54, 1.807) is 44.2 Å². The van der Waals surface area contributed by atoms with Crippen molar-refractivity contribution < 1.29 is 27.5 Å². The smallest absolute Gasteiger partial charge is 0.340 e. The van der Waals surface area contributed by atoms with Gasteiger partial charge in [-0.3, -0.25) is 8.42 Å². The summed E-state index contributed by atoms with van der Waals surface area (Å²) in [5.41, 5.74) is 18.0. The van der Waals surface area contributed by atoms with E-state index >= 15 is 0 Å². The van der Waals surface area contributed by atoms with Gasteiger partial charge in [0, 0.05) is 52.9 Å². The summed E-state index contributed by atoms with van der Waals surface area (Å²) in [5.74, 6) is 9.53. The number of carbonyl (C=O) groups excluding carboxylic acids is 2. The van der Waals surface area contributed by atoms with Crippen molar-refractivity contribution in [2.45, 2.75) is 75.0 Å². The maximum atomic E-state index is 12.3. The van der Waals surface area contributed by atoms with Gasteiger partial charge in [0.25, 0.3) is 0 Å². The largest absolute Gasteiger partial charge is 0.462 e. The minimum absolute atomic E-state index is 0.00729. The van der Waals surface area contributed by atoms with Crippen molar-refractivity contribution in [2.24, 2.45) is 0 Å². The van der Waals surface area contributed by atoms with Crippen molar-refractivity contribution in [3.63, 3.8) is 0 Å². The van der Waals surface area contributed by atoms with Gasteiger partial charge in [-0.1, -0.05) is 45.5 Å². The molecule has 2 unspecified atom stereocenters. The quantitative estimate of drug-likeness (QED) is 0.0907. The first-order chi connectivity index (χ1) is 26.0. The molecule has 0 bridgehead atoms. The average molecular weight is 891 g/mol. The number of esters is 2. The van der Waals surface area contributed by atoms with Crippen LogP contribution in [0.3, 0.4) is 0 Å². The predicted molar refractivity (Wildman–Crippen MR) is 231 cm³/mol. The van der Waals surface area contributed by atoms with Crippen LogP contribution in [0.4, 0.5) is 11.4 Å². The van der Waals surface area contributed by atoms with Crippen LogP contribution >= 0.6 is 22.6 Å². The normalized spacial score (nSPS) is 17.1. The lowest BCUT2D eigenvalue weighted by Gasteiger charge is -2.31. The van der Waals surface area contributed by atoms with E-state index < -0.39 is 27.6 Å². The maximum absolute atomic E-state index is 12.3. The molecule has 4 N–H and O–H groups in total. The van der Waals surface area contributed by atoms with E-state index in [0.717, 1.165) is 59.8 Å². The van der Waals surface area contributed by atoms with E-state index in [2.05, 4.69) is 68.0 Å². The first kappa shape index (κ1) is 43.3. The van der Waals surface area contributed by atoms with Crippen LogP contribution in [0.2, 0.25) is 0 Å². The number of fused-ring (bicyclic) bond motifs is 2. The number of nitrogens with two attached hydrogens (primary N) is 2. The van der Waals surface area contributed by atoms with Gasteiger partial charge >= 0.3 is 11.9 Å². The second kappa shape index (κ2) is 18.9. The Morgan fingerprint density at radius 1 is 0.691 bits per heavy atom. The second-order valence-electron chi connectivity index (χ2n) is 14.2. The van der Waals surface area contributed by atoms with Crippen LogP contribution in [0.5, 0.6) is 0 Å². The molecule has 288 valence electrons. The Kier molecular flexibility index (Phi) is 14.9. The number of terminal acetylenes is 1. The summed E-state index contributed by atoms with van der Waals surface area (Å²) in [5, 5.41) is 0. The van der Waals surface area contributed by atoms with E-state index in [4.69, 9.17) is 27.4 Å². The molecule has 0 saturated heterocycles. The number of benzene rings is 4. The minimum atomic E-state index is -0.931. The third-order valence-corrected chi connectivity index (χ3v) is 12.8. The Balaban J connectivity index is 0.000000202. The van der Waals surface area contributed by atoms with E-state index in [1.807, 2.05) is 42.5 Å². The second-order valence-corrected chi connectivity index (χ2v) is 18.5. The molecule has 0 spiro atoms. The molecule has 0 aromatic heterocycles. The van der Waals surface area contributed by atoms with Gasteiger partial charge in [-0.05, 0) is 144 Å². The van der Waals surface area contributed by atoms with Gasteiger partial charge in [0.15, 0.2) is 0 Å². The molecule has 2 aliphatic heterocycles. The molecule has 0 amide bonds. The summed E-state index contributed by atoms with van der Waals surface area (Å²) < 4.78 is 34.9. The standard InChI is InChI=1S/C22H23NO3S.C13H14OS.C9H10INO2/c1-4-26-21(24)17-9-7-16(14-19(17)23)6-5-15-8-10-20-18(13-15)22(2,3)11-12-27(20)25;1-4-10-5-6-12-11(9-10)13(2,3)7-8-15(12)14;1-2-13-9(12)7-4-3-6(10)5-8(7)11/h7-10,13-14H,4,11-12,23H2,1-3H3;1,5-6,9H,7-8H2,2-3H3;3-5H,2,11H2,1H3. The first-order valence-electron chi connectivity index (χ1n) is 17.8. The summed E-state index contributed by atoms with van der Waals surface area (Å²) in [4.78, 5) is 25.0. The molecule has 4 aromatic carbocycles. The molecular weight excluding hydrogens is 844 g/mol. The highest BCUT2D eigenvalue weighted by Crippen LogP contribution is 2.38. The van der Waals surface area contributed by atoms with Crippen molar-refractivity contribution in [3.8, 4) is 24.2 Å². The highest BCUT2D eigenvalue weighted by atomic mass is 127. The lowest BCUT2D eigenvalue weighted by atomic mass is 9.81. The molecule has 0 radical (unpaired) electrons. The Morgan fingerprint density at radius 3 is 1.56 bits per heavy atom. The number of carbonyl (C=O) groups is 2. The number of hydrogen-bond acceptors (Lipinski definition) is 8. The van der Waals surface area contributed by atoms with Gasteiger partial charge in [0.1, 0.15) is 0 Å². The molecule has 6 rings (SSSR count). The number of halogens is 1. The number of nitrogen functional groups attached to an aromatic ring is 2. The number of anilines is 2. The van der Waals surface area contributed by atoms with Crippen LogP contribution in [-0.2, 0) is 41.9 Å². The monoisotopic (exact) mass is 890 g/mol. The molecule has 2 atom stereocenters. The van der Waals surface area contributed by atoms with Crippen LogP contribution < -0.4 is 11.5 Å². The number of ether oxygens (including phenoxy) is 2. The van der Waals surface area contributed by atoms with Crippen LogP contribution in [0.1, 0.15) is 103 Å². The van der Waals surface area contributed by atoms with Crippen LogP contribution in [0, 0.1) is 27.8 Å². The van der Waals surface area contributed by atoms with Gasteiger partial charge in [-0.2, -0.15) is 0 Å². The lowest BCUT2D eigenvalue weighted by Crippen LogP contribution is -2.27. The SMILES string of the molecule is C#Cc1ccc2c(c1)C(C)(C)CCS2=O.CCOC(=O)c1ccc(C#Cc2ccc3c(c2)C(C)(C)CCS3=O)cc1N.CCOC(=O)c1ccc(I)cc1N. The van der Waals surface area contributed by atoms with Crippen molar-refractivity contribution in [1.29, 1.82) is 0 Å². The van der Waals surface area contributed by atoms with Crippen molar-refractivity contribution >= 4 is 67.5 Å². The van der Waals surface area contributed by atoms with E-state index in [9.17, 15) is 18.0 Å². The summed E-state index contributed by atoms with van der Waals surface area (Å²) in [7, 11) is -1.77. The van der Waals surface area contributed by atoms with Gasteiger partial charge in [0.2, 0.25) is 0 Å². The first-order valence-corrected chi connectivity index (χ1v) is 21.6. The van der Waals surface area contributed by atoms with Crippen LogP contribution in [0.15, 0.2) is 82.6 Å². The molecule has 0 aliphatic carbocycles. The van der Waals surface area contributed by atoms with Crippen molar-refractivity contribution in [3.05, 3.63) is 115 Å². The molecule has 0 saturated carbocycles. The van der Waals surface area contributed by atoms with Crippen molar-refractivity contribution in [2.75, 3.05) is 36.2 Å². The van der Waals surface area contributed by atoms with E-state index in [0.29, 0.717) is 41.5 Å². The molecule has 2 aliphatic rings. The Labute approximate surface area is 343 Å². The molecule has 8 nitrogen and oxygen atoms in total. The molecule has 4 aromatic rings. The highest BCUT2D eigenvalue weighted by Gasteiger charge is 2.32. The van der Waals surface area contributed by atoms with Gasteiger partial charge in [-0.25, -0.2) is 9.59 Å². The van der Waals surface area contributed by atoms with Crippen LogP contribution in [0.25, 0.3) is 0 Å². The number of hydrogen-bond donors (Lipinski definition) is 2. The minimum Gasteiger partial charge on any atom is -0.462 e. The fourth-order valence-electron chi connectivity index (χ4n) is 5.98. The van der Waals surface area contributed by atoms with E-state index in [-0.39, 0.29) is 16.8 Å². The summed E-state index contributed by atoms with van der Waals surface area (Å²) >= 11 is 2.13. The predicted octanol–water partition coefficient (Wildman–Crippen LogP) is 8.14. The molecule has 0 fully saturated rings. The summed E-state index contributed by atoms with van der Waals surface area (Å²) in [6.45, 7) is 12.9. The number of rotatable bonds is 4. The topological polar surface area (TPSA) is 139 Å². The fraction of sp³-hybridized carbons (Fsp3) is 0.318. The molecule has 2 heterocycles. The molecule has 11 heteroatoms. The van der Waals surface area contributed by atoms with E-state index in [1.165, 1.54) is 0 Å². The third-order valence-electron chi connectivity index (χ3n) is 9.31. The molecule has 55 heavy (non-hydrogen) atoms. The lowest BCUT2D eigenvalue weighted by molar-refractivity contribution is 0.0518. The van der Waals surface area contributed by atoms with Gasteiger partial charge < -0.3 is 20.9 Å². The fourth-order valence-corrected chi connectivity index (χ4v) is 9.92. The zero-order valence-corrected chi connectivity index (χ0v) is 35.8. The zero-order valence-electron chi connectivity index (χ0n) is 32.0. The zero-order chi connectivity index (χ0) is 40.5.